The van der Waals surface area contributed by atoms with Gasteiger partial charge in [0.05, 0.1) is 7.11 Å². The van der Waals surface area contributed by atoms with E-state index in [0.717, 1.165) is 12.8 Å². The van der Waals surface area contributed by atoms with Crippen LogP contribution in [0.2, 0.25) is 0 Å². The van der Waals surface area contributed by atoms with Gasteiger partial charge in [0.15, 0.2) is 0 Å². The molecule has 6 nitrogen and oxygen atoms in total. The van der Waals surface area contributed by atoms with Crippen molar-refractivity contribution in [2.45, 2.75) is 63.9 Å². The normalized spacial score (nSPS) is 35.7. The van der Waals surface area contributed by atoms with E-state index in [1.807, 2.05) is 25.7 Å². The van der Waals surface area contributed by atoms with E-state index in [4.69, 9.17) is 9.47 Å². The number of rotatable bonds is 2. The minimum atomic E-state index is -0.970. The monoisotopic (exact) mass is 356 g/mol. The molecule has 0 aromatic heterocycles. The van der Waals surface area contributed by atoms with Crippen LogP contribution in [-0.2, 0) is 14.3 Å². The summed E-state index contributed by atoms with van der Waals surface area (Å²) in [7, 11) is 1.36. The van der Waals surface area contributed by atoms with Gasteiger partial charge in [-0.1, -0.05) is 0 Å². The topological polar surface area (TPSA) is 59.1 Å². The summed E-state index contributed by atoms with van der Waals surface area (Å²) in [6.45, 7) is 7.28. The number of hydrogen-bond acceptors (Lipinski definition) is 5. The molecule has 3 aliphatic rings. The van der Waals surface area contributed by atoms with E-state index in [2.05, 4.69) is 0 Å². The van der Waals surface area contributed by atoms with Gasteiger partial charge in [0.25, 0.3) is 0 Å². The lowest BCUT2D eigenvalue weighted by atomic mass is 10.0. The van der Waals surface area contributed by atoms with E-state index < -0.39 is 17.8 Å². The number of carbonyl (C=O) groups is 2. The van der Waals surface area contributed by atoms with Crippen LogP contribution in [-0.4, -0.2) is 72.5 Å². The van der Waals surface area contributed by atoms with Gasteiger partial charge in [-0.3, -0.25) is 9.69 Å². The van der Waals surface area contributed by atoms with Crippen molar-refractivity contribution < 1.29 is 23.5 Å². The largest absolute Gasteiger partial charge is 0.468 e. The fourth-order valence-electron chi connectivity index (χ4n) is 4.59. The number of nitrogens with zero attached hydrogens (tertiary/aromatic N) is 2. The molecule has 2 aliphatic heterocycles. The average Bonchev–Trinajstić information content (AvgIpc) is 3.16. The number of hydrogen-bond donors (Lipinski definition) is 0. The lowest BCUT2D eigenvalue weighted by molar-refractivity contribution is -0.146. The molecule has 0 radical (unpaired) electrons. The third-order valence-corrected chi connectivity index (χ3v) is 5.61. The molecule has 1 amide bonds. The molecule has 2 heterocycles. The molecule has 142 valence electrons. The molecule has 25 heavy (non-hydrogen) atoms. The second kappa shape index (κ2) is 6.74. The number of fused-ring (bicyclic) bond motifs is 1. The van der Waals surface area contributed by atoms with Gasteiger partial charge >= 0.3 is 12.1 Å². The first-order valence-electron chi connectivity index (χ1n) is 9.13. The Balaban J connectivity index is 1.58. The fourth-order valence-corrected chi connectivity index (χ4v) is 4.59. The summed E-state index contributed by atoms with van der Waals surface area (Å²) in [6.07, 6.45) is 0.787. The van der Waals surface area contributed by atoms with Gasteiger partial charge in [-0.25, -0.2) is 9.18 Å². The van der Waals surface area contributed by atoms with Crippen LogP contribution in [0.15, 0.2) is 0 Å². The van der Waals surface area contributed by atoms with Crippen LogP contribution in [0.5, 0.6) is 0 Å². The maximum atomic E-state index is 13.9. The third kappa shape index (κ3) is 3.91. The Morgan fingerprint density at radius 1 is 1.04 bits per heavy atom. The van der Waals surface area contributed by atoms with Crippen LogP contribution < -0.4 is 0 Å². The van der Waals surface area contributed by atoms with Gasteiger partial charge in [-0.2, -0.15) is 0 Å². The highest BCUT2D eigenvalue weighted by atomic mass is 19.1. The SMILES string of the molecule is COC(=O)[C@@H]1C[C@@H](F)CN1C1C[C@@H]2CN(C(=O)OC(C)(C)C)C[C@@H]2C1. The molecule has 3 fully saturated rings. The average molecular weight is 356 g/mol. The van der Waals surface area contributed by atoms with Gasteiger partial charge < -0.3 is 14.4 Å². The molecule has 0 bridgehead atoms. The summed E-state index contributed by atoms with van der Waals surface area (Å²) >= 11 is 0. The molecule has 1 unspecified atom stereocenters. The molecule has 1 saturated carbocycles. The van der Waals surface area contributed by atoms with E-state index in [9.17, 15) is 14.0 Å². The van der Waals surface area contributed by atoms with Crippen molar-refractivity contribution in [3.05, 3.63) is 0 Å². The highest BCUT2D eigenvalue weighted by Crippen LogP contribution is 2.42. The van der Waals surface area contributed by atoms with Gasteiger partial charge in [-0.15, -0.1) is 0 Å². The molecule has 0 N–H and O–H groups in total. The standard InChI is InChI=1S/C18H29FN2O4/c1-18(2,3)25-17(23)20-8-11-5-14(6-12(11)9-20)21-10-13(19)7-15(21)16(22)24-4/h11-15H,5-10H2,1-4H3/t11-,12+,13-,14?,15+/m1/s1. The maximum absolute atomic E-state index is 13.9. The van der Waals surface area contributed by atoms with Crippen molar-refractivity contribution in [3.63, 3.8) is 0 Å². The number of ether oxygens (including phenoxy) is 2. The van der Waals surface area contributed by atoms with E-state index in [1.165, 1.54) is 7.11 Å². The lowest BCUT2D eigenvalue weighted by Gasteiger charge is -2.30. The van der Waals surface area contributed by atoms with E-state index in [1.54, 1.807) is 4.90 Å². The Morgan fingerprint density at radius 3 is 2.16 bits per heavy atom. The molecule has 1 aliphatic carbocycles. The number of methoxy groups -OCH3 is 1. The van der Waals surface area contributed by atoms with Crippen molar-refractivity contribution in [2.24, 2.45) is 11.8 Å². The zero-order valence-electron chi connectivity index (χ0n) is 15.5. The number of esters is 1. The number of halogens is 1. The smallest absolute Gasteiger partial charge is 0.410 e. The Labute approximate surface area is 148 Å². The van der Waals surface area contributed by atoms with Crippen LogP contribution in [0.4, 0.5) is 9.18 Å². The second-order valence-corrected chi connectivity index (χ2v) is 8.60. The van der Waals surface area contributed by atoms with Gasteiger partial charge in [0.2, 0.25) is 0 Å². The minimum Gasteiger partial charge on any atom is -0.468 e. The Bertz CT molecular complexity index is 522. The fraction of sp³-hybridized carbons (Fsp3) is 0.889. The van der Waals surface area contributed by atoms with Gasteiger partial charge in [0.1, 0.15) is 17.8 Å². The van der Waals surface area contributed by atoms with Crippen LogP contribution in [0.1, 0.15) is 40.0 Å². The van der Waals surface area contributed by atoms with Crippen molar-refractivity contribution >= 4 is 12.1 Å². The second-order valence-electron chi connectivity index (χ2n) is 8.60. The van der Waals surface area contributed by atoms with Crippen molar-refractivity contribution in [1.29, 1.82) is 0 Å². The zero-order valence-corrected chi connectivity index (χ0v) is 15.5. The quantitative estimate of drug-likeness (QED) is 0.710. The first-order valence-corrected chi connectivity index (χ1v) is 9.13. The first kappa shape index (κ1) is 18.4. The zero-order chi connectivity index (χ0) is 18.4. The van der Waals surface area contributed by atoms with Crippen LogP contribution >= 0.6 is 0 Å². The highest BCUT2D eigenvalue weighted by molar-refractivity contribution is 5.76. The van der Waals surface area contributed by atoms with Crippen LogP contribution in [0.3, 0.4) is 0 Å². The molecule has 2 saturated heterocycles. The summed E-state index contributed by atoms with van der Waals surface area (Å²) in [5.41, 5.74) is -0.489. The highest BCUT2D eigenvalue weighted by Gasteiger charge is 2.49. The summed E-state index contributed by atoms with van der Waals surface area (Å²) in [6, 6.07) is -0.272. The molecule has 0 aromatic rings. The van der Waals surface area contributed by atoms with Crippen LogP contribution in [0.25, 0.3) is 0 Å². The third-order valence-electron chi connectivity index (χ3n) is 5.61. The van der Waals surface area contributed by atoms with Crippen molar-refractivity contribution in [3.8, 4) is 0 Å². The lowest BCUT2D eigenvalue weighted by Crippen LogP contribution is -2.44. The predicted octanol–water partition coefficient (Wildman–Crippen LogP) is 2.22. The predicted molar refractivity (Wildman–Crippen MR) is 89.8 cm³/mol. The maximum Gasteiger partial charge on any atom is 0.410 e. The van der Waals surface area contributed by atoms with E-state index >= 15 is 0 Å². The molecule has 7 heteroatoms. The summed E-state index contributed by atoms with van der Waals surface area (Å²) < 4.78 is 24.2. The minimum absolute atomic E-state index is 0.195. The Hall–Kier alpha value is -1.37. The number of carbonyl (C=O) groups excluding carboxylic acids is 2. The molecule has 5 atom stereocenters. The van der Waals surface area contributed by atoms with E-state index in [0.29, 0.717) is 31.5 Å². The van der Waals surface area contributed by atoms with Gasteiger partial charge in [0, 0.05) is 32.1 Å². The number of likely N-dealkylation sites (tertiary alicyclic amines) is 2. The summed E-state index contributed by atoms with van der Waals surface area (Å²) in [5.74, 6) is 0.455. The van der Waals surface area contributed by atoms with E-state index in [-0.39, 0.29) is 24.5 Å². The molecule has 3 rings (SSSR count). The number of amides is 1. The first-order chi connectivity index (χ1) is 11.7. The Morgan fingerprint density at radius 2 is 1.64 bits per heavy atom. The van der Waals surface area contributed by atoms with Gasteiger partial charge in [-0.05, 0) is 45.4 Å². The molecular formula is C18H29FN2O4. The molecular weight excluding hydrogens is 327 g/mol. The number of alkyl halides is 1. The van der Waals surface area contributed by atoms with Crippen LogP contribution in [0, 0.1) is 11.8 Å². The van der Waals surface area contributed by atoms with Crippen molar-refractivity contribution in [1.82, 2.24) is 9.80 Å². The Kier molecular flexibility index (Phi) is 4.97. The molecule has 0 aromatic carbocycles. The molecule has 0 spiro atoms. The van der Waals surface area contributed by atoms with Crippen molar-refractivity contribution in [2.75, 3.05) is 26.7 Å². The summed E-state index contributed by atoms with van der Waals surface area (Å²) in [4.78, 5) is 28.0. The summed E-state index contributed by atoms with van der Waals surface area (Å²) in [5, 5.41) is 0.